The molecule has 2 aromatic carbocycles. The second kappa shape index (κ2) is 7.06. The SMILES string of the molecule is Cc1cccc(C(O)CNC(=O)c2cccc(-c3ncn[nH]3)c2)c1. The molecule has 3 N–H and O–H groups in total. The predicted molar refractivity (Wildman–Crippen MR) is 90.3 cm³/mol. The summed E-state index contributed by atoms with van der Waals surface area (Å²) in [5.74, 6) is 0.354. The normalized spacial score (nSPS) is 11.9. The topological polar surface area (TPSA) is 90.9 Å². The summed E-state index contributed by atoms with van der Waals surface area (Å²) in [6.45, 7) is 2.11. The number of aromatic amines is 1. The zero-order valence-electron chi connectivity index (χ0n) is 13.2. The van der Waals surface area contributed by atoms with E-state index in [2.05, 4.69) is 20.5 Å². The number of aromatic nitrogens is 3. The van der Waals surface area contributed by atoms with Gasteiger partial charge in [0.25, 0.3) is 5.91 Å². The number of aryl methyl sites for hydroxylation is 1. The molecule has 1 atom stereocenters. The third-order valence-corrected chi connectivity index (χ3v) is 3.70. The van der Waals surface area contributed by atoms with Crippen LogP contribution < -0.4 is 5.32 Å². The summed E-state index contributed by atoms with van der Waals surface area (Å²) in [4.78, 5) is 16.4. The van der Waals surface area contributed by atoms with Crippen LogP contribution in [0, 0.1) is 6.92 Å². The van der Waals surface area contributed by atoms with Crippen LogP contribution >= 0.6 is 0 Å². The molecule has 0 bridgehead atoms. The minimum absolute atomic E-state index is 0.148. The lowest BCUT2D eigenvalue weighted by atomic mass is 10.1. The van der Waals surface area contributed by atoms with Crippen molar-refractivity contribution in [1.82, 2.24) is 20.5 Å². The number of carbonyl (C=O) groups is 1. The van der Waals surface area contributed by atoms with Crippen molar-refractivity contribution < 1.29 is 9.90 Å². The number of nitrogens with zero attached hydrogens (tertiary/aromatic N) is 2. The van der Waals surface area contributed by atoms with Gasteiger partial charge in [-0.3, -0.25) is 9.89 Å². The van der Waals surface area contributed by atoms with Crippen molar-refractivity contribution >= 4 is 5.91 Å². The highest BCUT2D eigenvalue weighted by Gasteiger charge is 2.12. The van der Waals surface area contributed by atoms with Crippen LogP contribution in [0.3, 0.4) is 0 Å². The molecule has 24 heavy (non-hydrogen) atoms. The highest BCUT2D eigenvalue weighted by Crippen LogP contribution is 2.16. The molecule has 0 aliphatic rings. The maximum atomic E-state index is 12.3. The third kappa shape index (κ3) is 3.67. The molecule has 0 saturated carbocycles. The molecule has 122 valence electrons. The van der Waals surface area contributed by atoms with Gasteiger partial charge in [0.2, 0.25) is 0 Å². The summed E-state index contributed by atoms with van der Waals surface area (Å²) in [5, 5.41) is 19.5. The molecule has 0 aliphatic carbocycles. The lowest BCUT2D eigenvalue weighted by molar-refractivity contribution is 0.0916. The van der Waals surface area contributed by atoms with Crippen molar-refractivity contribution in [3.05, 3.63) is 71.5 Å². The van der Waals surface area contributed by atoms with E-state index in [0.717, 1.165) is 16.7 Å². The number of aliphatic hydroxyl groups excluding tert-OH is 1. The van der Waals surface area contributed by atoms with Gasteiger partial charge < -0.3 is 10.4 Å². The van der Waals surface area contributed by atoms with E-state index in [9.17, 15) is 9.90 Å². The molecule has 1 amide bonds. The van der Waals surface area contributed by atoms with Crippen LogP contribution in [0.5, 0.6) is 0 Å². The van der Waals surface area contributed by atoms with Crippen LogP contribution in [0.4, 0.5) is 0 Å². The fourth-order valence-electron chi connectivity index (χ4n) is 2.44. The lowest BCUT2D eigenvalue weighted by Gasteiger charge is -2.13. The Balaban J connectivity index is 1.66. The Morgan fingerprint density at radius 3 is 2.83 bits per heavy atom. The van der Waals surface area contributed by atoms with E-state index >= 15 is 0 Å². The number of amides is 1. The van der Waals surface area contributed by atoms with Crippen LogP contribution in [0.15, 0.2) is 54.9 Å². The quantitative estimate of drug-likeness (QED) is 0.672. The van der Waals surface area contributed by atoms with Crippen LogP contribution in [-0.2, 0) is 0 Å². The average molecular weight is 322 g/mol. The summed E-state index contributed by atoms with van der Waals surface area (Å²) in [6.07, 6.45) is 0.673. The number of H-pyrrole nitrogens is 1. The van der Waals surface area contributed by atoms with Gasteiger partial charge in [0.1, 0.15) is 6.33 Å². The molecule has 3 aromatic rings. The molecule has 1 aromatic heterocycles. The number of hydrogen-bond acceptors (Lipinski definition) is 4. The van der Waals surface area contributed by atoms with Crippen LogP contribution in [0.25, 0.3) is 11.4 Å². The Labute approximate surface area is 139 Å². The maximum absolute atomic E-state index is 12.3. The Morgan fingerprint density at radius 2 is 2.08 bits per heavy atom. The molecule has 0 radical (unpaired) electrons. The van der Waals surface area contributed by atoms with Gasteiger partial charge >= 0.3 is 0 Å². The predicted octanol–water partition coefficient (Wildman–Crippen LogP) is 2.24. The number of carbonyl (C=O) groups excluding carboxylic acids is 1. The first-order valence-electron chi connectivity index (χ1n) is 7.62. The Kier molecular flexibility index (Phi) is 4.67. The summed E-state index contributed by atoms with van der Waals surface area (Å²) < 4.78 is 0. The van der Waals surface area contributed by atoms with E-state index in [1.54, 1.807) is 18.2 Å². The molecule has 0 aliphatic heterocycles. The molecule has 6 nitrogen and oxygen atoms in total. The standard InChI is InChI=1S/C18H18N4O2/c1-12-4-2-5-13(8-12)16(23)10-19-18(24)15-7-3-6-14(9-15)17-20-11-21-22-17/h2-9,11,16,23H,10H2,1H3,(H,19,24)(H,20,21,22). The summed E-state index contributed by atoms with van der Waals surface area (Å²) in [7, 11) is 0. The van der Waals surface area contributed by atoms with Crippen LogP contribution in [0.1, 0.15) is 27.6 Å². The second-order valence-corrected chi connectivity index (χ2v) is 5.55. The summed E-state index contributed by atoms with van der Waals surface area (Å²) in [5.41, 5.74) is 3.13. The lowest BCUT2D eigenvalue weighted by Crippen LogP contribution is -2.28. The zero-order valence-corrected chi connectivity index (χ0v) is 13.2. The molecule has 0 fully saturated rings. The first-order valence-corrected chi connectivity index (χ1v) is 7.62. The highest BCUT2D eigenvalue weighted by atomic mass is 16.3. The molecule has 3 rings (SSSR count). The fraction of sp³-hybridized carbons (Fsp3) is 0.167. The maximum Gasteiger partial charge on any atom is 0.251 e. The van der Waals surface area contributed by atoms with Crippen molar-refractivity contribution in [2.24, 2.45) is 0 Å². The Morgan fingerprint density at radius 1 is 1.25 bits per heavy atom. The number of aliphatic hydroxyl groups is 1. The minimum atomic E-state index is -0.744. The zero-order chi connectivity index (χ0) is 16.9. The van der Waals surface area contributed by atoms with Gasteiger partial charge in [-0.2, -0.15) is 5.10 Å². The van der Waals surface area contributed by atoms with E-state index in [1.807, 2.05) is 37.3 Å². The number of nitrogens with one attached hydrogen (secondary N) is 2. The van der Waals surface area contributed by atoms with E-state index in [-0.39, 0.29) is 12.5 Å². The van der Waals surface area contributed by atoms with Crippen LogP contribution in [-0.4, -0.2) is 32.7 Å². The van der Waals surface area contributed by atoms with Gasteiger partial charge in [0, 0.05) is 17.7 Å². The Hall–Kier alpha value is -2.99. The van der Waals surface area contributed by atoms with Gasteiger partial charge in [-0.15, -0.1) is 0 Å². The monoisotopic (exact) mass is 322 g/mol. The number of hydrogen-bond donors (Lipinski definition) is 3. The van der Waals surface area contributed by atoms with Crippen LogP contribution in [0.2, 0.25) is 0 Å². The van der Waals surface area contributed by atoms with Gasteiger partial charge in [-0.25, -0.2) is 4.98 Å². The number of rotatable bonds is 5. The smallest absolute Gasteiger partial charge is 0.251 e. The van der Waals surface area contributed by atoms with Gasteiger partial charge in [-0.05, 0) is 24.6 Å². The van der Waals surface area contributed by atoms with Crippen molar-refractivity contribution in [2.75, 3.05) is 6.54 Å². The van der Waals surface area contributed by atoms with Gasteiger partial charge in [0.15, 0.2) is 5.82 Å². The molecular weight excluding hydrogens is 304 g/mol. The molecule has 1 heterocycles. The van der Waals surface area contributed by atoms with E-state index in [0.29, 0.717) is 11.4 Å². The van der Waals surface area contributed by atoms with Crippen molar-refractivity contribution in [2.45, 2.75) is 13.0 Å². The van der Waals surface area contributed by atoms with Gasteiger partial charge in [0.05, 0.1) is 6.10 Å². The second-order valence-electron chi connectivity index (χ2n) is 5.55. The highest BCUT2D eigenvalue weighted by molar-refractivity contribution is 5.95. The van der Waals surface area contributed by atoms with E-state index in [1.165, 1.54) is 6.33 Å². The Bertz CT molecular complexity index is 831. The summed E-state index contributed by atoms with van der Waals surface area (Å²) in [6, 6.07) is 14.7. The van der Waals surface area contributed by atoms with E-state index in [4.69, 9.17) is 0 Å². The molecule has 6 heteroatoms. The fourth-order valence-corrected chi connectivity index (χ4v) is 2.44. The third-order valence-electron chi connectivity index (χ3n) is 3.70. The van der Waals surface area contributed by atoms with Crippen molar-refractivity contribution in [1.29, 1.82) is 0 Å². The molecule has 0 spiro atoms. The molecule has 1 unspecified atom stereocenters. The summed E-state index contributed by atoms with van der Waals surface area (Å²) >= 11 is 0. The largest absolute Gasteiger partial charge is 0.387 e. The first kappa shape index (κ1) is 15.9. The number of benzene rings is 2. The average Bonchev–Trinajstić information content (AvgIpc) is 3.14. The molecular formula is C18H18N4O2. The minimum Gasteiger partial charge on any atom is -0.387 e. The van der Waals surface area contributed by atoms with Crippen molar-refractivity contribution in [3.63, 3.8) is 0 Å². The van der Waals surface area contributed by atoms with E-state index < -0.39 is 6.10 Å². The van der Waals surface area contributed by atoms with Crippen molar-refractivity contribution in [3.8, 4) is 11.4 Å². The molecule has 0 saturated heterocycles. The van der Waals surface area contributed by atoms with Gasteiger partial charge in [-0.1, -0.05) is 42.0 Å². The first-order chi connectivity index (χ1) is 11.6.